The van der Waals surface area contributed by atoms with Crippen LogP contribution in [0.1, 0.15) is 20.3 Å². The van der Waals surface area contributed by atoms with Gasteiger partial charge in [-0.2, -0.15) is 0 Å². The molecular weight excluding hydrogens is 128 g/mol. The van der Waals surface area contributed by atoms with Gasteiger partial charge in [-0.25, -0.2) is 0 Å². The highest BCUT2D eigenvalue weighted by atomic mass is 16.7. The number of ether oxygens (including phenoxy) is 2. The predicted octanol–water partition coefficient (Wildman–Crippen LogP) is 1.92. The van der Waals surface area contributed by atoms with Crippen LogP contribution in [-0.4, -0.2) is 12.9 Å². The molecule has 1 aliphatic rings. The fraction of sp³-hybridized carbons (Fsp3) is 0.750. The van der Waals surface area contributed by atoms with E-state index in [0.29, 0.717) is 5.92 Å². The maximum Gasteiger partial charge on any atom is 0.201 e. The van der Waals surface area contributed by atoms with Crippen molar-refractivity contribution < 1.29 is 9.47 Å². The molecule has 1 aliphatic heterocycles. The molecule has 0 aliphatic carbocycles. The van der Waals surface area contributed by atoms with Gasteiger partial charge in [0.2, 0.25) is 6.29 Å². The fourth-order valence-electron chi connectivity index (χ4n) is 1.02. The van der Waals surface area contributed by atoms with Crippen molar-refractivity contribution in [1.82, 2.24) is 0 Å². The van der Waals surface area contributed by atoms with Gasteiger partial charge in [0.15, 0.2) is 0 Å². The number of hydrogen-bond donors (Lipinski definition) is 0. The Morgan fingerprint density at radius 2 is 2.50 bits per heavy atom. The minimum absolute atomic E-state index is 0.0185. The maximum atomic E-state index is 5.32. The van der Waals surface area contributed by atoms with Gasteiger partial charge in [0, 0.05) is 12.5 Å². The van der Waals surface area contributed by atoms with Crippen molar-refractivity contribution in [3.8, 4) is 0 Å². The molecule has 2 unspecified atom stereocenters. The van der Waals surface area contributed by atoms with Crippen molar-refractivity contribution in [2.45, 2.75) is 26.6 Å². The highest BCUT2D eigenvalue weighted by Crippen LogP contribution is 2.18. The molecule has 0 saturated carbocycles. The van der Waals surface area contributed by atoms with Crippen LogP contribution in [0.25, 0.3) is 0 Å². The highest BCUT2D eigenvalue weighted by Gasteiger charge is 2.18. The Morgan fingerprint density at radius 3 is 3.10 bits per heavy atom. The Labute approximate surface area is 61.8 Å². The Hall–Kier alpha value is -0.500. The Kier molecular flexibility index (Phi) is 2.75. The molecule has 58 valence electrons. The second-order valence-corrected chi connectivity index (χ2v) is 2.54. The van der Waals surface area contributed by atoms with Gasteiger partial charge >= 0.3 is 0 Å². The van der Waals surface area contributed by atoms with Crippen LogP contribution in [0, 0.1) is 5.92 Å². The van der Waals surface area contributed by atoms with Crippen LogP contribution in [0.4, 0.5) is 0 Å². The van der Waals surface area contributed by atoms with Gasteiger partial charge in [0.1, 0.15) is 0 Å². The van der Waals surface area contributed by atoms with Crippen LogP contribution in [0.5, 0.6) is 0 Å². The van der Waals surface area contributed by atoms with E-state index in [1.54, 1.807) is 6.26 Å². The van der Waals surface area contributed by atoms with E-state index in [1.807, 2.05) is 13.0 Å². The first-order chi connectivity index (χ1) is 4.84. The zero-order valence-corrected chi connectivity index (χ0v) is 6.54. The molecule has 0 saturated heterocycles. The number of hydrogen-bond acceptors (Lipinski definition) is 2. The van der Waals surface area contributed by atoms with E-state index in [0.717, 1.165) is 13.0 Å². The van der Waals surface area contributed by atoms with Gasteiger partial charge in [0.25, 0.3) is 0 Å². The number of allylic oxidation sites excluding steroid dienone is 1. The molecule has 0 spiro atoms. The minimum atomic E-state index is -0.0185. The van der Waals surface area contributed by atoms with Crippen molar-refractivity contribution in [1.29, 1.82) is 0 Å². The van der Waals surface area contributed by atoms with E-state index in [2.05, 4.69) is 6.92 Å². The van der Waals surface area contributed by atoms with Gasteiger partial charge in [-0.15, -0.1) is 0 Å². The van der Waals surface area contributed by atoms with Crippen molar-refractivity contribution in [3.63, 3.8) is 0 Å². The molecule has 0 aromatic heterocycles. The average molecular weight is 142 g/mol. The molecule has 2 heteroatoms. The lowest BCUT2D eigenvalue weighted by atomic mass is 10.1. The first-order valence-corrected chi connectivity index (χ1v) is 3.76. The van der Waals surface area contributed by atoms with Crippen molar-refractivity contribution in [3.05, 3.63) is 12.3 Å². The van der Waals surface area contributed by atoms with E-state index in [-0.39, 0.29) is 6.29 Å². The van der Waals surface area contributed by atoms with E-state index < -0.39 is 0 Å². The lowest BCUT2D eigenvalue weighted by Gasteiger charge is -2.25. The van der Waals surface area contributed by atoms with Crippen LogP contribution in [0.15, 0.2) is 12.3 Å². The first kappa shape index (κ1) is 7.61. The lowest BCUT2D eigenvalue weighted by molar-refractivity contribution is -0.138. The Morgan fingerprint density at radius 1 is 1.70 bits per heavy atom. The fourth-order valence-corrected chi connectivity index (χ4v) is 1.02. The molecule has 2 atom stereocenters. The summed E-state index contributed by atoms with van der Waals surface area (Å²) in [6.45, 7) is 4.83. The van der Waals surface area contributed by atoms with Gasteiger partial charge in [-0.05, 0) is 19.4 Å². The maximum absolute atomic E-state index is 5.32. The predicted molar refractivity (Wildman–Crippen MR) is 39.4 cm³/mol. The summed E-state index contributed by atoms with van der Waals surface area (Å²) in [6.07, 6.45) is 4.79. The molecule has 1 rings (SSSR count). The van der Waals surface area contributed by atoms with Crippen LogP contribution in [0.2, 0.25) is 0 Å². The smallest absolute Gasteiger partial charge is 0.201 e. The molecular formula is C8H14O2. The summed E-state index contributed by atoms with van der Waals surface area (Å²) in [5.74, 6) is 0.491. The quantitative estimate of drug-likeness (QED) is 0.586. The average Bonchev–Trinajstić information content (AvgIpc) is 1.94. The summed E-state index contributed by atoms with van der Waals surface area (Å²) in [7, 11) is 0. The van der Waals surface area contributed by atoms with Crippen LogP contribution in [0.3, 0.4) is 0 Å². The minimum Gasteiger partial charge on any atom is -0.473 e. The summed E-state index contributed by atoms with van der Waals surface area (Å²) in [6, 6.07) is 0. The van der Waals surface area contributed by atoms with Crippen LogP contribution < -0.4 is 0 Å². The highest BCUT2D eigenvalue weighted by molar-refractivity contribution is 4.83. The topological polar surface area (TPSA) is 18.5 Å². The molecule has 1 heterocycles. The molecule has 0 radical (unpaired) electrons. The first-order valence-electron chi connectivity index (χ1n) is 3.76. The summed E-state index contributed by atoms with van der Waals surface area (Å²) < 4.78 is 10.5. The van der Waals surface area contributed by atoms with Crippen LogP contribution >= 0.6 is 0 Å². The second kappa shape index (κ2) is 3.62. The van der Waals surface area contributed by atoms with Crippen LogP contribution in [-0.2, 0) is 9.47 Å². The molecule has 0 fully saturated rings. The number of rotatable bonds is 2. The van der Waals surface area contributed by atoms with Gasteiger partial charge in [0.05, 0.1) is 6.26 Å². The molecule has 0 aromatic carbocycles. The SMILES string of the molecule is CCOC1OC=CCC1C. The molecule has 10 heavy (non-hydrogen) atoms. The largest absolute Gasteiger partial charge is 0.473 e. The van der Waals surface area contributed by atoms with E-state index in [9.17, 15) is 0 Å². The molecule has 0 amide bonds. The molecule has 0 N–H and O–H groups in total. The third kappa shape index (κ3) is 1.74. The van der Waals surface area contributed by atoms with E-state index >= 15 is 0 Å². The summed E-state index contributed by atoms with van der Waals surface area (Å²) in [5, 5.41) is 0. The zero-order valence-electron chi connectivity index (χ0n) is 6.54. The van der Waals surface area contributed by atoms with Crippen molar-refractivity contribution >= 4 is 0 Å². The Bertz CT molecular complexity index is 120. The normalized spacial score (nSPS) is 31.8. The van der Waals surface area contributed by atoms with Gasteiger partial charge in [-0.1, -0.05) is 6.92 Å². The third-order valence-corrected chi connectivity index (χ3v) is 1.61. The molecule has 0 aromatic rings. The monoisotopic (exact) mass is 142 g/mol. The van der Waals surface area contributed by atoms with E-state index in [1.165, 1.54) is 0 Å². The van der Waals surface area contributed by atoms with Gasteiger partial charge < -0.3 is 9.47 Å². The summed E-state index contributed by atoms with van der Waals surface area (Å²) in [4.78, 5) is 0. The third-order valence-electron chi connectivity index (χ3n) is 1.61. The van der Waals surface area contributed by atoms with E-state index in [4.69, 9.17) is 9.47 Å². The summed E-state index contributed by atoms with van der Waals surface area (Å²) >= 11 is 0. The lowest BCUT2D eigenvalue weighted by Crippen LogP contribution is -2.25. The molecule has 0 bridgehead atoms. The van der Waals surface area contributed by atoms with Gasteiger partial charge in [-0.3, -0.25) is 0 Å². The summed E-state index contributed by atoms with van der Waals surface area (Å²) in [5.41, 5.74) is 0. The molecule has 2 nitrogen and oxygen atoms in total. The second-order valence-electron chi connectivity index (χ2n) is 2.54. The Balaban J connectivity index is 2.35. The van der Waals surface area contributed by atoms with Crippen molar-refractivity contribution in [2.75, 3.05) is 6.61 Å². The zero-order chi connectivity index (χ0) is 7.40. The standard InChI is InChI=1S/C8H14O2/c1-3-9-8-7(2)5-4-6-10-8/h4,6-8H,3,5H2,1-2H3. The van der Waals surface area contributed by atoms with Crippen molar-refractivity contribution in [2.24, 2.45) is 5.92 Å².